The zero-order valence-corrected chi connectivity index (χ0v) is 8.97. The van der Waals surface area contributed by atoms with Gasteiger partial charge in [0.25, 0.3) is 0 Å². The lowest BCUT2D eigenvalue weighted by atomic mass is 10.1. The number of carboxylic acids is 1. The van der Waals surface area contributed by atoms with E-state index >= 15 is 0 Å². The van der Waals surface area contributed by atoms with Crippen LogP contribution in [0.3, 0.4) is 0 Å². The number of aliphatic carboxylic acids is 1. The highest BCUT2D eigenvalue weighted by molar-refractivity contribution is 7.22. The molecule has 4 nitrogen and oxygen atoms in total. The smallest absolute Gasteiger partial charge is 0.307 e. The molecule has 2 rings (SSSR count). The molecule has 0 spiro atoms. The van der Waals surface area contributed by atoms with Gasteiger partial charge < -0.3 is 10.8 Å². The molecule has 15 heavy (non-hydrogen) atoms. The number of carboxylic acid groups (broad SMARTS) is 1. The third-order valence-electron chi connectivity index (χ3n) is 2.12. The molecule has 0 aliphatic heterocycles. The summed E-state index contributed by atoms with van der Waals surface area (Å²) >= 11 is 1.38. The standard InChI is InChI=1S/C10H10N2O2S/c1-5-2-6(4-8(13)14)3-7-9(5)12-10(11)15-7/h2-3H,4H2,1H3,(H2,11,12)(H,13,14). The van der Waals surface area contributed by atoms with E-state index in [0.29, 0.717) is 5.13 Å². The van der Waals surface area contributed by atoms with Gasteiger partial charge in [-0.3, -0.25) is 4.79 Å². The fraction of sp³-hybridized carbons (Fsp3) is 0.200. The van der Waals surface area contributed by atoms with Crippen LogP contribution in [0.2, 0.25) is 0 Å². The van der Waals surface area contributed by atoms with Crippen LogP contribution in [0.15, 0.2) is 12.1 Å². The van der Waals surface area contributed by atoms with Crippen molar-refractivity contribution in [1.82, 2.24) is 4.98 Å². The highest BCUT2D eigenvalue weighted by Gasteiger charge is 2.08. The second-order valence-corrected chi connectivity index (χ2v) is 4.44. The lowest BCUT2D eigenvalue weighted by Gasteiger charge is -1.99. The largest absolute Gasteiger partial charge is 0.481 e. The maximum Gasteiger partial charge on any atom is 0.307 e. The second kappa shape index (κ2) is 3.51. The van der Waals surface area contributed by atoms with Gasteiger partial charge in [0.05, 0.1) is 16.6 Å². The highest BCUT2D eigenvalue weighted by atomic mass is 32.1. The molecule has 0 radical (unpaired) electrons. The van der Waals surface area contributed by atoms with Gasteiger partial charge >= 0.3 is 5.97 Å². The number of benzene rings is 1. The molecule has 0 atom stereocenters. The van der Waals surface area contributed by atoms with Gasteiger partial charge in [0.2, 0.25) is 0 Å². The summed E-state index contributed by atoms with van der Waals surface area (Å²) < 4.78 is 0.948. The summed E-state index contributed by atoms with van der Waals surface area (Å²) in [4.78, 5) is 14.8. The normalized spacial score (nSPS) is 10.7. The van der Waals surface area contributed by atoms with Gasteiger partial charge in [-0.25, -0.2) is 4.98 Å². The van der Waals surface area contributed by atoms with Gasteiger partial charge in [-0.1, -0.05) is 17.4 Å². The van der Waals surface area contributed by atoms with E-state index in [2.05, 4.69) is 4.98 Å². The van der Waals surface area contributed by atoms with Crippen LogP contribution in [-0.4, -0.2) is 16.1 Å². The van der Waals surface area contributed by atoms with Crippen LogP contribution in [0.5, 0.6) is 0 Å². The molecule has 1 aromatic carbocycles. The molecule has 1 aromatic heterocycles. The lowest BCUT2D eigenvalue weighted by Crippen LogP contribution is -2.00. The number of hydrogen-bond donors (Lipinski definition) is 2. The molecule has 3 N–H and O–H groups in total. The van der Waals surface area contributed by atoms with Crippen molar-refractivity contribution >= 4 is 32.7 Å². The first-order valence-corrected chi connectivity index (χ1v) is 5.25. The lowest BCUT2D eigenvalue weighted by molar-refractivity contribution is -0.136. The van der Waals surface area contributed by atoms with E-state index in [4.69, 9.17) is 10.8 Å². The maximum atomic E-state index is 10.6. The number of aromatic nitrogens is 1. The molecule has 5 heteroatoms. The minimum Gasteiger partial charge on any atom is -0.481 e. The Morgan fingerprint density at radius 3 is 3.00 bits per heavy atom. The first kappa shape index (κ1) is 9.92. The predicted molar refractivity (Wildman–Crippen MR) is 60.1 cm³/mol. The number of aryl methyl sites for hydroxylation is 1. The van der Waals surface area contributed by atoms with E-state index < -0.39 is 5.97 Å². The molecule has 0 saturated heterocycles. The number of anilines is 1. The molecule has 0 unspecified atom stereocenters. The van der Waals surface area contributed by atoms with Crippen LogP contribution in [-0.2, 0) is 11.2 Å². The average molecular weight is 222 g/mol. The van der Waals surface area contributed by atoms with Gasteiger partial charge in [0.1, 0.15) is 0 Å². The van der Waals surface area contributed by atoms with Crippen LogP contribution >= 0.6 is 11.3 Å². The summed E-state index contributed by atoms with van der Waals surface area (Å²) in [5, 5.41) is 9.21. The van der Waals surface area contributed by atoms with Gasteiger partial charge in [0, 0.05) is 0 Å². The summed E-state index contributed by atoms with van der Waals surface area (Å²) in [6, 6.07) is 3.68. The summed E-state index contributed by atoms with van der Waals surface area (Å²) in [5.74, 6) is -0.828. The van der Waals surface area contributed by atoms with Crippen molar-refractivity contribution in [1.29, 1.82) is 0 Å². The van der Waals surface area contributed by atoms with E-state index in [1.807, 2.05) is 19.1 Å². The Hall–Kier alpha value is -1.62. The Bertz CT molecular complexity index is 533. The number of nitrogen functional groups attached to an aromatic ring is 1. The third-order valence-corrected chi connectivity index (χ3v) is 2.95. The summed E-state index contributed by atoms with van der Waals surface area (Å²) in [7, 11) is 0. The molecule has 0 saturated carbocycles. The van der Waals surface area contributed by atoms with Crippen molar-refractivity contribution in [3.05, 3.63) is 23.3 Å². The van der Waals surface area contributed by atoms with Crippen LogP contribution in [0.1, 0.15) is 11.1 Å². The molecule has 0 fully saturated rings. The van der Waals surface area contributed by atoms with Crippen molar-refractivity contribution in [2.45, 2.75) is 13.3 Å². The second-order valence-electron chi connectivity index (χ2n) is 3.38. The molecular formula is C10H10N2O2S. The van der Waals surface area contributed by atoms with Crippen molar-refractivity contribution in [2.24, 2.45) is 0 Å². The maximum absolute atomic E-state index is 10.6. The first-order chi connectivity index (χ1) is 7.06. The van der Waals surface area contributed by atoms with Crippen LogP contribution in [0, 0.1) is 6.92 Å². The minimum absolute atomic E-state index is 0.0363. The van der Waals surface area contributed by atoms with E-state index in [-0.39, 0.29) is 6.42 Å². The Morgan fingerprint density at radius 2 is 2.33 bits per heavy atom. The highest BCUT2D eigenvalue weighted by Crippen LogP contribution is 2.27. The molecular weight excluding hydrogens is 212 g/mol. The number of hydrogen-bond acceptors (Lipinski definition) is 4. The predicted octanol–water partition coefficient (Wildman–Crippen LogP) is 1.81. The van der Waals surface area contributed by atoms with E-state index in [0.717, 1.165) is 21.3 Å². The first-order valence-electron chi connectivity index (χ1n) is 4.43. The van der Waals surface area contributed by atoms with Gasteiger partial charge in [-0.2, -0.15) is 0 Å². The number of thiazole rings is 1. The Morgan fingerprint density at radius 1 is 1.60 bits per heavy atom. The number of rotatable bonds is 2. The zero-order valence-electron chi connectivity index (χ0n) is 8.15. The fourth-order valence-electron chi connectivity index (χ4n) is 1.56. The van der Waals surface area contributed by atoms with E-state index in [1.165, 1.54) is 11.3 Å². The quantitative estimate of drug-likeness (QED) is 0.812. The van der Waals surface area contributed by atoms with Gasteiger partial charge in [0.15, 0.2) is 5.13 Å². The van der Waals surface area contributed by atoms with Crippen molar-refractivity contribution in [2.75, 3.05) is 5.73 Å². The summed E-state index contributed by atoms with van der Waals surface area (Å²) in [5.41, 5.74) is 8.23. The minimum atomic E-state index is -0.828. The summed E-state index contributed by atoms with van der Waals surface area (Å²) in [6.45, 7) is 1.91. The van der Waals surface area contributed by atoms with E-state index in [9.17, 15) is 4.79 Å². The monoisotopic (exact) mass is 222 g/mol. The fourth-order valence-corrected chi connectivity index (χ4v) is 2.44. The number of fused-ring (bicyclic) bond motifs is 1. The number of nitrogens with two attached hydrogens (primary N) is 1. The molecule has 78 valence electrons. The van der Waals surface area contributed by atoms with Gasteiger partial charge in [-0.15, -0.1) is 0 Å². The molecule has 0 amide bonds. The van der Waals surface area contributed by atoms with Crippen LogP contribution in [0.4, 0.5) is 5.13 Å². The van der Waals surface area contributed by atoms with Crippen molar-refractivity contribution in [3.63, 3.8) is 0 Å². The van der Waals surface area contributed by atoms with Gasteiger partial charge in [-0.05, 0) is 24.1 Å². The number of carbonyl (C=O) groups is 1. The molecule has 0 aliphatic carbocycles. The Balaban J connectivity index is 2.56. The van der Waals surface area contributed by atoms with Crippen molar-refractivity contribution < 1.29 is 9.90 Å². The molecule has 1 heterocycles. The molecule has 0 aliphatic rings. The summed E-state index contributed by atoms with van der Waals surface area (Å²) in [6.07, 6.45) is 0.0363. The Labute approximate surface area is 90.4 Å². The van der Waals surface area contributed by atoms with Crippen molar-refractivity contribution in [3.8, 4) is 0 Å². The molecule has 0 bridgehead atoms. The zero-order chi connectivity index (χ0) is 11.0. The number of nitrogens with zero attached hydrogens (tertiary/aromatic N) is 1. The van der Waals surface area contributed by atoms with E-state index in [1.54, 1.807) is 0 Å². The molecule has 2 aromatic rings. The average Bonchev–Trinajstić information content (AvgIpc) is 2.44. The van der Waals surface area contributed by atoms with Crippen LogP contribution < -0.4 is 5.73 Å². The Kier molecular flexibility index (Phi) is 2.32. The SMILES string of the molecule is Cc1cc(CC(=O)O)cc2sc(N)nc12. The topological polar surface area (TPSA) is 76.2 Å². The third kappa shape index (κ3) is 1.92. The van der Waals surface area contributed by atoms with Crippen LogP contribution in [0.25, 0.3) is 10.2 Å².